The molecule has 0 aliphatic carbocycles. The van der Waals surface area contributed by atoms with Gasteiger partial charge in [-0.1, -0.05) is 19.1 Å². The van der Waals surface area contributed by atoms with Crippen molar-refractivity contribution in [2.75, 3.05) is 24.6 Å². The van der Waals surface area contributed by atoms with E-state index in [1.807, 2.05) is 54.4 Å². The van der Waals surface area contributed by atoms with Crippen LogP contribution in [0.25, 0.3) is 11.1 Å². The quantitative estimate of drug-likeness (QED) is 0.631. The number of benzene rings is 1. The molecule has 0 spiro atoms. The van der Waals surface area contributed by atoms with E-state index in [1.54, 1.807) is 11.1 Å². The van der Waals surface area contributed by atoms with Crippen molar-refractivity contribution in [1.29, 1.82) is 0 Å². The third kappa shape index (κ3) is 3.75. The molecule has 1 saturated heterocycles. The van der Waals surface area contributed by atoms with Crippen molar-refractivity contribution in [1.82, 2.24) is 20.1 Å². The number of ether oxygens (including phenoxy) is 1. The van der Waals surface area contributed by atoms with E-state index in [4.69, 9.17) is 9.72 Å². The Hall–Kier alpha value is -3.35. The minimum Gasteiger partial charge on any atom is -0.494 e. The average Bonchev–Trinajstić information content (AvgIpc) is 3.43. The second kappa shape index (κ2) is 8.57. The first kappa shape index (κ1) is 19.9. The maximum Gasteiger partial charge on any atom is 0.326 e. The Morgan fingerprint density at radius 1 is 1.20 bits per heavy atom. The van der Waals surface area contributed by atoms with Crippen LogP contribution in [0.4, 0.5) is 10.6 Å². The molecule has 0 bridgehead atoms. The van der Waals surface area contributed by atoms with Crippen molar-refractivity contribution in [2.24, 2.45) is 0 Å². The number of anilines is 1. The summed E-state index contributed by atoms with van der Waals surface area (Å²) < 4.78 is 5.61. The van der Waals surface area contributed by atoms with E-state index in [0.717, 1.165) is 34.6 Å². The van der Waals surface area contributed by atoms with Crippen LogP contribution < -0.4 is 9.64 Å². The number of carbonyl (C=O) groups excluding carboxylic acids is 1. The molecule has 1 unspecified atom stereocenters. The van der Waals surface area contributed by atoms with E-state index >= 15 is 0 Å². The Kier molecular flexibility index (Phi) is 5.70. The molecular formula is C23H27N5O2. The van der Waals surface area contributed by atoms with Crippen molar-refractivity contribution >= 4 is 11.8 Å². The van der Waals surface area contributed by atoms with E-state index < -0.39 is 0 Å². The number of aromatic amines is 1. The van der Waals surface area contributed by atoms with Crippen LogP contribution in [-0.4, -0.2) is 45.8 Å². The predicted molar refractivity (Wildman–Crippen MR) is 117 cm³/mol. The molecule has 3 heterocycles. The number of pyridine rings is 1. The van der Waals surface area contributed by atoms with Crippen molar-refractivity contribution in [2.45, 2.75) is 33.2 Å². The standard InChI is InChI=1S/C23H27N5O2/c1-4-21-20(18-14-24-25-15-18)9-10-22(26-21)28-12-11-27(23(28)29)16(3)17-7-6-8-19(13-17)30-5-2/h6-10,13-16H,4-5,11-12H2,1-3H3,(H,24,25). The molecule has 1 N–H and O–H groups in total. The van der Waals surface area contributed by atoms with Gasteiger partial charge in [0.2, 0.25) is 0 Å². The van der Waals surface area contributed by atoms with Gasteiger partial charge in [-0.05, 0) is 50.1 Å². The number of rotatable bonds is 7. The van der Waals surface area contributed by atoms with Crippen molar-refractivity contribution in [3.8, 4) is 16.9 Å². The first-order valence-corrected chi connectivity index (χ1v) is 10.4. The van der Waals surface area contributed by atoms with Gasteiger partial charge in [0.25, 0.3) is 0 Å². The number of aryl methyl sites for hydroxylation is 1. The van der Waals surface area contributed by atoms with Crippen LogP contribution in [0, 0.1) is 0 Å². The molecule has 1 fully saturated rings. The van der Waals surface area contributed by atoms with Crippen LogP contribution in [0.15, 0.2) is 48.8 Å². The molecule has 4 rings (SSSR count). The van der Waals surface area contributed by atoms with E-state index in [-0.39, 0.29) is 12.1 Å². The summed E-state index contributed by atoms with van der Waals surface area (Å²) in [5, 5.41) is 6.87. The molecule has 0 radical (unpaired) electrons. The number of H-pyrrole nitrogens is 1. The molecule has 2 amide bonds. The fourth-order valence-electron chi connectivity index (χ4n) is 3.91. The summed E-state index contributed by atoms with van der Waals surface area (Å²) in [6, 6.07) is 11.8. The number of nitrogens with zero attached hydrogens (tertiary/aromatic N) is 4. The molecule has 1 atom stereocenters. The van der Waals surface area contributed by atoms with Crippen LogP contribution in [0.5, 0.6) is 5.75 Å². The summed E-state index contributed by atoms with van der Waals surface area (Å²) in [6.45, 7) is 7.99. The first-order valence-electron chi connectivity index (χ1n) is 10.4. The summed E-state index contributed by atoms with van der Waals surface area (Å²) in [7, 11) is 0. The topological polar surface area (TPSA) is 74.3 Å². The summed E-state index contributed by atoms with van der Waals surface area (Å²) in [6.07, 6.45) is 4.42. The number of nitrogens with one attached hydrogen (secondary N) is 1. The number of amides is 2. The molecule has 7 heteroatoms. The maximum atomic E-state index is 13.2. The van der Waals surface area contributed by atoms with Gasteiger partial charge in [0, 0.05) is 30.4 Å². The number of hydrogen-bond donors (Lipinski definition) is 1. The Balaban J connectivity index is 1.55. The third-order valence-corrected chi connectivity index (χ3v) is 5.54. The Labute approximate surface area is 176 Å². The zero-order valence-corrected chi connectivity index (χ0v) is 17.6. The Morgan fingerprint density at radius 2 is 2.07 bits per heavy atom. The van der Waals surface area contributed by atoms with Crippen LogP contribution in [-0.2, 0) is 6.42 Å². The molecule has 7 nitrogen and oxygen atoms in total. The van der Waals surface area contributed by atoms with Gasteiger partial charge < -0.3 is 9.64 Å². The van der Waals surface area contributed by atoms with Crippen LogP contribution >= 0.6 is 0 Å². The zero-order valence-electron chi connectivity index (χ0n) is 17.6. The van der Waals surface area contributed by atoms with E-state index in [9.17, 15) is 4.79 Å². The number of aromatic nitrogens is 3. The highest BCUT2D eigenvalue weighted by molar-refractivity contribution is 5.93. The third-order valence-electron chi connectivity index (χ3n) is 5.54. The van der Waals surface area contributed by atoms with Crippen LogP contribution in [0.1, 0.15) is 38.1 Å². The van der Waals surface area contributed by atoms with Gasteiger partial charge in [0.15, 0.2) is 0 Å². The summed E-state index contributed by atoms with van der Waals surface area (Å²) >= 11 is 0. The second-order valence-corrected chi connectivity index (χ2v) is 7.31. The molecule has 1 aliphatic rings. The van der Waals surface area contributed by atoms with Gasteiger partial charge in [0.05, 0.1) is 24.5 Å². The molecule has 1 aliphatic heterocycles. The van der Waals surface area contributed by atoms with Crippen molar-refractivity contribution in [3.63, 3.8) is 0 Å². The molecular weight excluding hydrogens is 378 g/mol. The van der Waals surface area contributed by atoms with E-state index in [2.05, 4.69) is 24.0 Å². The van der Waals surface area contributed by atoms with Gasteiger partial charge in [-0.25, -0.2) is 9.78 Å². The molecule has 1 aromatic carbocycles. The van der Waals surface area contributed by atoms with E-state index in [1.165, 1.54) is 0 Å². The highest BCUT2D eigenvalue weighted by Crippen LogP contribution is 2.31. The van der Waals surface area contributed by atoms with Gasteiger partial charge in [0.1, 0.15) is 11.6 Å². The highest BCUT2D eigenvalue weighted by Gasteiger charge is 2.34. The van der Waals surface area contributed by atoms with Gasteiger partial charge >= 0.3 is 6.03 Å². The lowest BCUT2D eigenvalue weighted by Gasteiger charge is -2.25. The highest BCUT2D eigenvalue weighted by atomic mass is 16.5. The molecule has 0 saturated carbocycles. The first-order chi connectivity index (χ1) is 14.6. The number of hydrogen-bond acceptors (Lipinski definition) is 4. The predicted octanol–water partition coefficient (Wildman–Crippen LogP) is 4.44. The molecule has 2 aromatic heterocycles. The lowest BCUT2D eigenvalue weighted by molar-refractivity contribution is 0.205. The maximum absolute atomic E-state index is 13.2. The lowest BCUT2D eigenvalue weighted by Crippen LogP contribution is -2.34. The largest absolute Gasteiger partial charge is 0.494 e. The fourth-order valence-corrected chi connectivity index (χ4v) is 3.91. The number of urea groups is 1. The van der Waals surface area contributed by atoms with Crippen LogP contribution in [0.2, 0.25) is 0 Å². The zero-order chi connectivity index (χ0) is 21.1. The summed E-state index contributed by atoms with van der Waals surface area (Å²) in [4.78, 5) is 21.7. The SMILES string of the molecule is CCOc1cccc(C(C)N2CCN(c3ccc(-c4cn[nH]c4)c(CC)n3)C2=O)c1. The van der Waals surface area contributed by atoms with Gasteiger partial charge in [-0.15, -0.1) is 0 Å². The monoisotopic (exact) mass is 405 g/mol. The second-order valence-electron chi connectivity index (χ2n) is 7.31. The lowest BCUT2D eigenvalue weighted by atomic mass is 10.1. The van der Waals surface area contributed by atoms with Crippen molar-refractivity contribution in [3.05, 3.63) is 60.0 Å². The summed E-state index contributed by atoms with van der Waals surface area (Å²) in [5.74, 6) is 1.52. The van der Waals surface area contributed by atoms with Gasteiger partial charge in [-0.2, -0.15) is 5.10 Å². The fraction of sp³-hybridized carbons (Fsp3) is 0.348. The molecule has 3 aromatic rings. The minimum atomic E-state index is -0.0428. The smallest absolute Gasteiger partial charge is 0.326 e. The normalized spacial score (nSPS) is 15.0. The number of carbonyl (C=O) groups is 1. The summed E-state index contributed by atoms with van der Waals surface area (Å²) in [5.41, 5.74) is 4.06. The molecule has 30 heavy (non-hydrogen) atoms. The van der Waals surface area contributed by atoms with Crippen molar-refractivity contribution < 1.29 is 9.53 Å². The minimum absolute atomic E-state index is 0.0186. The van der Waals surface area contributed by atoms with Gasteiger partial charge in [-0.3, -0.25) is 10.00 Å². The Morgan fingerprint density at radius 3 is 2.80 bits per heavy atom. The Bertz CT molecular complexity index is 1020. The van der Waals surface area contributed by atoms with Crippen LogP contribution in [0.3, 0.4) is 0 Å². The van der Waals surface area contributed by atoms with E-state index in [0.29, 0.717) is 25.5 Å². The average molecular weight is 406 g/mol. The molecule has 156 valence electrons.